The molecule has 0 spiro atoms. The predicted octanol–water partition coefficient (Wildman–Crippen LogP) is 6.61. The van der Waals surface area contributed by atoms with E-state index in [9.17, 15) is 0 Å². The van der Waals surface area contributed by atoms with Gasteiger partial charge in [0.2, 0.25) is 5.88 Å². The second-order valence-electron chi connectivity index (χ2n) is 10.2. The maximum atomic E-state index is 6.05. The molecule has 0 saturated carbocycles. The molecule has 184 valence electrons. The third kappa shape index (κ3) is 6.06. The summed E-state index contributed by atoms with van der Waals surface area (Å²) in [5, 5.41) is 4.68. The van der Waals surface area contributed by atoms with Gasteiger partial charge in [0.1, 0.15) is 11.4 Å². The van der Waals surface area contributed by atoms with Crippen LogP contribution in [0.2, 0.25) is 0 Å². The van der Waals surface area contributed by atoms with E-state index >= 15 is 0 Å². The van der Waals surface area contributed by atoms with Crippen LogP contribution in [0.15, 0.2) is 60.0 Å². The van der Waals surface area contributed by atoms with Crippen molar-refractivity contribution in [3.05, 3.63) is 60.0 Å². The molecule has 0 N–H and O–H groups in total. The van der Waals surface area contributed by atoms with Gasteiger partial charge in [0, 0.05) is 59.5 Å². The Labute approximate surface area is 212 Å². The molecule has 1 aliphatic rings. The number of nitrogens with zero attached hydrogens (tertiary/aromatic N) is 3. The Morgan fingerprint density at radius 3 is 2.60 bits per heavy atom. The number of pyridine rings is 1. The molecule has 2 aromatic heterocycles. The molecule has 35 heavy (non-hydrogen) atoms. The minimum Gasteiger partial charge on any atom is -0.494 e. The first-order chi connectivity index (χ1) is 16.9. The second kappa shape index (κ2) is 10.4. The van der Waals surface area contributed by atoms with Crippen LogP contribution >= 0.6 is 11.3 Å². The number of aromatic nitrogens is 1. The number of piperazine rings is 1. The van der Waals surface area contributed by atoms with Gasteiger partial charge in [0.05, 0.1) is 12.1 Å². The molecule has 1 saturated heterocycles. The van der Waals surface area contributed by atoms with Gasteiger partial charge in [-0.1, -0.05) is 6.07 Å². The Kier molecular flexibility index (Phi) is 7.12. The van der Waals surface area contributed by atoms with Gasteiger partial charge in [0.15, 0.2) is 0 Å². The molecular formula is C29H35N3O2S. The number of unbranched alkanes of at least 4 members (excludes halogenated alkanes) is 1. The number of rotatable bonds is 8. The van der Waals surface area contributed by atoms with E-state index in [1.165, 1.54) is 15.8 Å². The van der Waals surface area contributed by atoms with E-state index in [1.54, 1.807) is 0 Å². The van der Waals surface area contributed by atoms with Crippen LogP contribution in [0, 0.1) is 0 Å². The molecule has 5 nitrogen and oxygen atoms in total. The van der Waals surface area contributed by atoms with Crippen molar-refractivity contribution < 1.29 is 9.47 Å². The Morgan fingerprint density at radius 2 is 1.77 bits per heavy atom. The van der Waals surface area contributed by atoms with Crippen molar-refractivity contribution in [1.29, 1.82) is 0 Å². The summed E-state index contributed by atoms with van der Waals surface area (Å²) >= 11 is 1.82. The van der Waals surface area contributed by atoms with E-state index in [2.05, 4.69) is 50.5 Å². The van der Waals surface area contributed by atoms with Gasteiger partial charge in [-0.15, -0.1) is 11.3 Å². The molecule has 3 heterocycles. The molecular weight excluding hydrogens is 454 g/mol. The quantitative estimate of drug-likeness (QED) is 0.260. The summed E-state index contributed by atoms with van der Waals surface area (Å²) in [5.41, 5.74) is 2.03. The highest BCUT2D eigenvalue weighted by molar-refractivity contribution is 7.17. The number of hydrogen-bond donors (Lipinski definition) is 0. The molecule has 5 rings (SSSR count). The lowest BCUT2D eigenvalue weighted by atomic mass is 10.2. The fraction of sp³-hybridized carbons (Fsp3) is 0.414. The lowest BCUT2D eigenvalue weighted by Gasteiger charge is -2.36. The summed E-state index contributed by atoms with van der Waals surface area (Å²) in [5.74, 6) is 1.52. The lowest BCUT2D eigenvalue weighted by molar-refractivity contribution is 0.124. The standard InChI is InChI=1S/C29H35N3O2S/c1-29(2,3)34-28-12-10-22-9-11-23(21-25(22)30-28)33-19-5-4-14-31-15-17-32(18-16-31)26-7-6-8-27-24(26)13-20-35-27/h6-13,20-21H,4-5,14-19H2,1-3H3. The second-order valence-corrected chi connectivity index (χ2v) is 11.2. The van der Waals surface area contributed by atoms with Crippen molar-refractivity contribution in [1.82, 2.24) is 9.88 Å². The largest absolute Gasteiger partial charge is 0.494 e. The first kappa shape index (κ1) is 23.9. The molecule has 2 aromatic carbocycles. The highest BCUT2D eigenvalue weighted by Crippen LogP contribution is 2.31. The highest BCUT2D eigenvalue weighted by atomic mass is 32.1. The maximum Gasteiger partial charge on any atom is 0.214 e. The third-order valence-electron chi connectivity index (χ3n) is 6.37. The Hall–Kier alpha value is -2.83. The minimum atomic E-state index is -0.264. The normalized spacial score (nSPS) is 15.1. The molecule has 0 atom stereocenters. The summed E-state index contributed by atoms with van der Waals surface area (Å²) in [6, 6.07) is 19.0. The van der Waals surface area contributed by atoms with E-state index in [4.69, 9.17) is 9.47 Å². The number of hydrogen-bond acceptors (Lipinski definition) is 6. The van der Waals surface area contributed by atoms with Crippen LogP contribution in [0.5, 0.6) is 11.6 Å². The smallest absolute Gasteiger partial charge is 0.214 e. The summed E-state index contributed by atoms with van der Waals surface area (Å²) in [4.78, 5) is 9.78. The minimum absolute atomic E-state index is 0.264. The zero-order chi connectivity index (χ0) is 24.3. The molecule has 1 fully saturated rings. The number of fused-ring (bicyclic) bond motifs is 2. The molecule has 0 bridgehead atoms. The SMILES string of the molecule is CC(C)(C)Oc1ccc2ccc(OCCCCN3CCN(c4cccc5sccc45)CC3)cc2n1. The zero-order valence-corrected chi connectivity index (χ0v) is 21.8. The molecule has 0 aliphatic carbocycles. The number of benzene rings is 2. The maximum absolute atomic E-state index is 6.05. The number of anilines is 1. The van der Waals surface area contributed by atoms with Crippen molar-refractivity contribution in [3.8, 4) is 11.6 Å². The third-order valence-corrected chi connectivity index (χ3v) is 7.25. The first-order valence-electron chi connectivity index (χ1n) is 12.6. The predicted molar refractivity (Wildman–Crippen MR) is 147 cm³/mol. The summed E-state index contributed by atoms with van der Waals surface area (Å²) in [6.45, 7) is 12.4. The average molecular weight is 490 g/mol. The lowest BCUT2D eigenvalue weighted by Crippen LogP contribution is -2.46. The van der Waals surface area contributed by atoms with E-state index < -0.39 is 0 Å². The number of ether oxygens (including phenoxy) is 2. The Bertz CT molecular complexity index is 1270. The van der Waals surface area contributed by atoms with Crippen LogP contribution in [0.1, 0.15) is 33.6 Å². The van der Waals surface area contributed by atoms with Gasteiger partial charge < -0.3 is 14.4 Å². The summed E-state index contributed by atoms with van der Waals surface area (Å²) in [7, 11) is 0. The first-order valence-corrected chi connectivity index (χ1v) is 13.5. The van der Waals surface area contributed by atoms with E-state index in [-0.39, 0.29) is 5.60 Å². The van der Waals surface area contributed by atoms with Crippen LogP contribution in [0.4, 0.5) is 5.69 Å². The van der Waals surface area contributed by atoms with Crippen LogP contribution in [-0.2, 0) is 0 Å². The molecule has 0 amide bonds. The van der Waals surface area contributed by atoms with Crippen LogP contribution in [-0.4, -0.2) is 54.8 Å². The van der Waals surface area contributed by atoms with Gasteiger partial charge in [-0.25, -0.2) is 4.98 Å². The van der Waals surface area contributed by atoms with Crippen LogP contribution < -0.4 is 14.4 Å². The average Bonchev–Trinajstić information content (AvgIpc) is 3.32. The van der Waals surface area contributed by atoms with Crippen molar-refractivity contribution >= 4 is 38.0 Å². The summed E-state index contributed by atoms with van der Waals surface area (Å²) in [6.07, 6.45) is 2.20. The summed E-state index contributed by atoms with van der Waals surface area (Å²) < 4.78 is 13.3. The molecule has 0 radical (unpaired) electrons. The van der Waals surface area contributed by atoms with E-state index in [1.807, 2.05) is 56.4 Å². The van der Waals surface area contributed by atoms with Crippen LogP contribution in [0.25, 0.3) is 21.0 Å². The monoisotopic (exact) mass is 489 g/mol. The topological polar surface area (TPSA) is 37.8 Å². The fourth-order valence-electron chi connectivity index (χ4n) is 4.63. The van der Waals surface area contributed by atoms with Gasteiger partial charge in [-0.3, -0.25) is 4.90 Å². The van der Waals surface area contributed by atoms with Crippen molar-refractivity contribution in [2.75, 3.05) is 44.2 Å². The van der Waals surface area contributed by atoms with Gasteiger partial charge in [-0.05, 0) is 81.9 Å². The van der Waals surface area contributed by atoms with Gasteiger partial charge in [-0.2, -0.15) is 0 Å². The molecule has 1 aliphatic heterocycles. The highest BCUT2D eigenvalue weighted by Gasteiger charge is 2.18. The fourth-order valence-corrected chi connectivity index (χ4v) is 5.44. The van der Waals surface area contributed by atoms with Gasteiger partial charge in [0.25, 0.3) is 0 Å². The van der Waals surface area contributed by atoms with E-state index in [0.29, 0.717) is 5.88 Å². The number of thiophene rings is 1. The Balaban J connectivity index is 1.05. The molecule has 0 unspecified atom stereocenters. The zero-order valence-electron chi connectivity index (χ0n) is 21.0. The molecule has 6 heteroatoms. The van der Waals surface area contributed by atoms with Crippen molar-refractivity contribution in [2.45, 2.75) is 39.2 Å². The Morgan fingerprint density at radius 1 is 0.943 bits per heavy atom. The molecule has 4 aromatic rings. The van der Waals surface area contributed by atoms with Gasteiger partial charge >= 0.3 is 0 Å². The van der Waals surface area contributed by atoms with Crippen molar-refractivity contribution in [2.24, 2.45) is 0 Å². The van der Waals surface area contributed by atoms with Crippen LogP contribution in [0.3, 0.4) is 0 Å². The van der Waals surface area contributed by atoms with Crippen molar-refractivity contribution in [3.63, 3.8) is 0 Å². The van der Waals surface area contributed by atoms with E-state index in [0.717, 1.165) is 68.8 Å².